The van der Waals surface area contributed by atoms with Crippen LogP contribution in [0.2, 0.25) is 0 Å². The van der Waals surface area contributed by atoms with E-state index in [1.165, 1.54) is 32.4 Å². The number of nitrogens with zero attached hydrogens (tertiary/aromatic N) is 1. The van der Waals surface area contributed by atoms with Crippen LogP contribution in [-0.4, -0.2) is 47.7 Å². The van der Waals surface area contributed by atoms with Gasteiger partial charge in [0.25, 0.3) is 0 Å². The first-order valence-corrected chi connectivity index (χ1v) is 10.6. The number of methoxy groups -OCH3 is 2. The van der Waals surface area contributed by atoms with Crippen molar-refractivity contribution >= 4 is 21.6 Å². The quantitative estimate of drug-likeness (QED) is 0.704. The Kier molecular flexibility index (Phi) is 6.29. The molecule has 1 amide bonds. The van der Waals surface area contributed by atoms with Gasteiger partial charge in [0.05, 0.1) is 25.7 Å². The summed E-state index contributed by atoms with van der Waals surface area (Å²) in [5.74, 6) is 1.32. The maximum Gasteiger partial charge on any atom is 0.241 e. The highest BCUT2D eigenvalue weighted by atomic mass is 32.2. The van der Waals surface area contributed by atoms with Gasteiger partial charge in [-0.3, -0.25) is 4.79 Å². The number of ether oxygens (including phenoxy) is 3. The predicted molar refractivity (Wildman–Crippen MR) is 108 cm³/mol. The molecule has 1 heterocycles. The van der Waals surface area contributed by atoms with Crippen LogP contribution in [0.15, 0.2) is 47.4 Å². The van der Waals surface area contributed by atoms with Crippen LogP contribution < -0.4 is 23.8 Å². The summed E-state index contributed by atoms with van der Waals surface area (Å²) in [6, 6.07) is 11.0. The summed E-state index contributed by atoms with van der Waals surface area (Å²) >= 11 is 0. The van der Waals surface area contributed by atoms with Crippen LogP contribution in [0.25, 0.3) is 0 Å². The van der Waals surface area contributed by atoms with Gasteiger partial charge in [-0.1, -0.05) is 0 Å². The minimum atomic E-state index is -3.83. The van der Waals surface area contributed by atoms with Gasteiger partial charge in [-0.25, -0.2) is 13.1 Å². The van der Waals surface area contributed by atoms with Crippen molar-refractivity contribution in [1.29, 1.82) is 0 Å². The Morgan fingerprint density at radius 2 is 1.76 bits per heavy atom. The van der Waals surface area contributed by atoms with Crippen LogP contribution in [0, 0.1) is 0 Å². The molecule has 2 aromatic carbocycles. The van der Waals surface area contributed by atoms with Crippen LogP contribution in [-0.2, 0) is 14.8 Å². The number of sulfonamides is 1. The Balaban J connectivity index is 1.73. The van der Waals surface area contributed by atoms with E-state index >= 15 is 0 Å². The second kappa shape index (κ2) is 8.71. The maximum absolute atomic E-state index is 12.8. The largest absolute Gasteiger partial charge is 0.494 e. The number of benzene rings is 2. The zero-order chi connectivity index (χ0) is 21.0. The fraction of sp³-hybridized carbons (Fsp3) is 0.350. The summed E-state index contributed by atoms with van der Waals surface area (Å²) in [7, 11) is -0.916. The van der Waals surface area contributed by atoms with Crippen LogP contribution in [0.4, 0.5) is 5.69 Å². The monoisotopic (exact) mass is 420 g/mol. The van der Waals surface area contributed by atoms with Gasteiger partial charge >= 0.3 is 0 Å². The molecule has 2 aromatic rings. The number of hydrogen-bond acceptors (Lipinski definition) is 6. The molecule has 0 aliphatic carbocycles. The summed E-state index contributed by atoms with van der Waals surface area (Å²) in [4.78, 5) is 14.0. The average molecular weight is 420 g/mol. The molecule has 1 unspecified atom stereocenters. The van der Waals surface area contributed by atoms with E-state index in [2.05, 4.69) is 4.72 Å². The van der Waals surface area contributed by atoms with Crippen LogP contribution in [0.5, 0.6) is 17.2 Å². The van der Waals surface area contributed by atoms with Gasteiger partial charge in [0.15, 0.2) is 11.5 Å². The van der Waals surface area contributed by atoms with Crippen molar-refractivity contribution < 1.29 is 27.4 Å². The Morgan fingerprint density at radius 3 is 2.38 bits per heavy atom. The minimum absolute atomic E-state index is 0.0436. The number of nitrogens with one attached hydrogen (secondary N) is 1. The number of anilines is 1. The highest BCUT2D eigenvalue weighted by Gasteiger charge is 2.33. The molecule has 156 valence electrons. The van der Waals surface area contributed by atoms with E-state index in [4.69, 9.17) is 14.2 Å². The molecular weight excluding hydrogens is 396 g/mol. The summed E-state index contributed by atoms with van der Waals surface area (Å²) in [6.07, 6.45) is 0.0831. The Bertz CT molecular complexity index is 975. The third-order valence-electron chi connectivity index (χ3n) is 4.57. The van der Waals surface area contributed by atoms with E-state index in [1.807, 2.05) is 6.92 Å². The average Bonchev–Trinajstić information content (AvgIpc) is 3.07. The van der Waals surface area contributed by atoms with E-state index in [1.54, 1.807) is 29.2 Å². The zero-order valence-corrected chi connectivity index (χ0v) is 17.4. The van der Waals surface area contributed by atoms with Crippen molar-refractivity contribution in [2.24, 2.45) is 0 Å². The Morgan fingerprint density at radius 1 is 1.07 bits per heavy atom. The highest BCUT2D eigenvalue weighted by Crippen LogP contribution is 2.30. The van der Waals surface area contributed by atoms with E-state index < -0.39 is 16.1 Å². The number of carbonyl (C=O) groups excluding carboxylic acids is 1. The molecule has 8 nitrogen and oxygen atoms in total. The molecule has 29 heavy (non-hydrogen) atoms. The third-order valence-corrected chi connectivity index (χ3v) is 6.09. The number of hydrogen-bond donors (Lipinski definition) is 1. The molecule has 0 bridgehead atoms. The van der Waals surface area contributed by atoms with Crippen molar-refractivity contribution in [2.45, 2.75) is 24.3 Å². The van der Waals surface area contributed by atoms with Crippen molar-refractivity contribution in [3.8, 4) is 17.2 Å². The van der Waals surface area contributed by atoms with Gasteiger partial charge in [0.2, 0.25) is 15.9 Å². The van der Waals surface area contributed by atoms with Gasteiger partial charge in [-0.15, -0.1) is 0 Å². The molecule has 0 radical (unpaired) electrons. The lowest BCUT2D eigenvalue weighted by Gasteiger charge is -2.18. The number of carbonyl (C=O) groups is 1. The minimum Gasteiger partial charge on any atom is -0.494 e. The second-order valence-corrected chi connectivity index (χ2v) is 8.18. The summed E-state index contributed by atoms with van der Waals surface area (Å²) < 4.78 is 43.9. The lowest BCUT2D eigenvalue weighted by molar-refractivity contribution is -0.117. The number of amides is 1. The topological polar surface area (TPSA) is 94.2 Å². The molecule has 3 rings (SSSR count). The van der Waals surface area contributed by atoms with Crippen molar-refractivity contribution in [2.75, 3.05) is 32.3 Å². The summed E-state index contributed by atoms with van der Waals surface area (Å²) in [6.45, 7) is 2.70. The van der Waals surface area contributed by atoms with Gasteiger partial charge in [-0.2, -0.15) is 0 Å². The first-order valence-electron chi connectivity index (χ1n) is 9.15. The highest BCUT2D eigenvalue weighted by molar-refractivity contribution is 7.89. The van der Waals surface area contributed by atoms with Gasteiger partial charge in [0.1, 0.15) is 5.75 Å². The van der Waals surface area contributed by atoms with E-state index in [0.29, 0.717) is 29.5 Å². The van der Waals surface area contributed by atoms with Crippen LogP contribution >= 0.6 is 0 Å². The standard InChI is InChI=1S/C20H24N2O6S/c1-4-28-16-7-5-15(6-8-16)22-13-14(11-20(22)23)21-29(24,25)17-9-10-18(26-2)19(12-17)27-3/h5-10,12,14,21H,4,11,13H2,1-3H3. The fourth-order valence-corrected chi connectivity index (χ4v) is 4.44. The molecule has 0 aromatic heterocycles. The van der Waals surface area contributed by atoms with E-state index in [9.17, 15) is 13.2 Å². The molecular formula is C20H24N2O6S. The van der Waals surface area contributed by atoms with Crippen molar-refractivity contribution in [1.82, 2.24) is 4.72 Å². The molecule has 1 fully saturated rings. The van der Waals surface area contributed by atoms with Crippen molar-refractivity contribution in [3.05, 3.63) is 42.5 Å². The van der Waals surface area contributed by atoms with Crippen LogP contribution in [0.3, 0.4) is 0 Å². The molecule has 1 aliphatic heterocycles. The zero-order valence-electron chi connectivity index (χ0n) is 16.5. The molecule has 0 spiro atoms. The fourth-order valence-electron chi connectivity index (χ4n) is 3.20. The van der Waals surface area contributed by atoms with E-state index in [0.717, 1.165) is 0 Å². The smallest absolute Gasteiger partial charge is 0.241 e. The molecule has 1 saturated heterocycles. The first kappa shape index (κ1) is 20.9. The van der Waals surface area contributed by atoms with Gasteiger partial charge in [-0.05, 0) is 43.3 Å². The van der Waals surface area contributed by atoms with Gasteiger partial charge < -0.3 is 19.1 Å². The Hall–Kier alpha value is -2.78. The van der Waals surface area contributed by atoms with Crippen molar-refractivity contribution in [3.63, 3.8) is 0 Å². The molecule has 9 heteroatoms. The Labute approximate surface area is 170 Å². The van der Waals surface area contributed by atoms with Crippen LogP contribution in [0.1, 0.15) is 13.3 Å². The lowest BCUT2D eigenvalue weighted by atomic mass is 10.3. The molecule has 0 saturated carbocycles. The van der Waals surface area contributed by atoms with Gasteiger partial charge in [0, 0.05) is 30.8 Å². The lowest BCUT2D eigenvalue weighted by Crippen LogP contribution is -2.37. The van der Waals surface area contributed by atoms with E-state index in [-0.39, 0.29) is 23.8 Å². The summed E-state index contributed by atoms with van der Waals surface area (Å²) in [5.41, 5.74) is 0.700. The third kappa shape index (κ3) is 4.63. The predicted octanol–water partition coefficient (Wildman–Crippen LogP) is 2.19. The SMILES string of the molecule is CCOc1ccc(N2CC(NS(=O)(=O)c3ccc(OC)c(OC)c3)CC2=O)cc1. The normalized spacial score (nSPS) is 16.7. The molecule has 1 atom stereocenters. The maximum atomic E-state index is 12.8. The number of rotatable bonds is 8. The summed E-state index contributed by atoms with van der Waals surface area (Å²) in [5, 5.41) is 0. The molecule has 1 aliphatic rings. The second-order valence-electron chi connectivity index (χ2n) is 6.47. The first-order chi connectivity index (χ1) is 13.9. The molecule has 1 N–H and O–H groups in total.